The first-order valence-corrected chi connectivity index (χ1v) is 5.72. The van der Waals surface area contributed by atoms with Crippen LogP contribution in [0.25, 0.3) is 0 Å². The molecule has 0 saturated carbocycles. The zero-order chi connectivity index (χ0) is 14.9. The predicted molar refractivity (Wildman–Crippen MR) is 66.6 cm³/mol. The van der Waals surface area contributed by atoms with E-state index in [1.54, 1.807) is 0 Å². The molecule has 0 aliphatic carbocycles. The van der Waals surface area contributed by atoms with Crippen LogP contribution in [0.5, 0.6) is 0 Å². The lowest BCUT2D eigenvalue weighted by molar-refractivity contribution is 0.129. The molecule has 0 saturated heterocycles. The predicted octanol–water partition coefficient (Wildman–Crippen LogP) is 2.58. The molecule has 7 heteroatoms. The van der Waals surface area contributed by atoms with E-state index >= 15 is 0 Å². The Hall–Kier alpha value is -2.75. The number of hydrogen-bond donors (Lipinski definition) is 1. The molecule has 2 rings (SSSR count). The van der Waals surface area contributed by atoms with E-state index in [0.717, 1.165) is 12.1 Å². The molecule has 1 aliphatic heterocycles. The minimum absolute atomic E-state index is 0.240. The number of carboxylic acid groups (broad SMARTS) is 1. The third-order valence-electron chi connectivity index (χ3n) is 3.08. The quantitative estimate of drug-likeness (QED) is 0.852. The average molecular weight is 275 g/mol. The molecule has 0 bridgehead atoms. The van der Waals surface area contributed by atoms with Gasteiger partial charge in [-0.3, -0.25) is 0 Å². The van der Waals surface area contributed by atoms with Gasteiger partial charge in [0.05, 0.1) is 12.1 Å². The topological polar surface area (TPSA) is 93.8 Å². The van der Waals surface area contributed by atoms with Crippen molar-refractivity contribution in [3.8, 4) is 6.07 Å². The van der Waals surface area contributed by atoms with Crippen LogP contribution in [0.15, 0.2) is 29.3 Å². The van der Waals surface area contributed by atoms with Crippen molar-refractivity contribution in [2.45, 2.75) is 13.0 Å². The second-order valence-corrected chi connectivity index (χ2v) is 4.29. The Kier molecular flexibility index (Phi) is 3.48. The van der Waals surface area contributed by atoms with Gasteiger partial charge in [-0.2, -0.15) is 5.26 Å². The maximum Gasteiger partial charge on any atom is 0.416 e. The Bertz CT molecular complexity index is 633. The SMILES string of the molecule is CC1=NC(=O)N(C(=O)O)C(c2ccc(F)cc2)C1C#N. The number of rotatable bonds is 1. The zero-order valence-electron chi connectivity index (χ0n) is 10.4. The number of hydrogen-bond acceptors (Lipinski definition) is 3. The van der Waals surface area contributed by atoms with Gasteiger partial charge in [0.2, 0.25) is 0 Å². The van der Waals surface area contributed by atoms with Gasteiger partial charge in [-0.1, -0.05) is 12.1 Å². The van der Waals surface area contributed by atoms with Crippen LogP contribution in [-0.2, 0) is 0 Å². The van der Waals surface area contributed by atoms with Gasteiger partial charge in [-0.05, 0) is 24.6 Å². The standard InChI is InChI=1S/C13H10FN3O3/c1-7-10(6-15)11(8-2-4-9(14)5-3-8)17(13(19)20)12(18)16-7/h2-5,10-11H,1H3,(H,19,20). The highest BCUT2D eigenvalue weighted by Crippen LogP contribution is 2.33. The Morgan fingerprint density at radius 3 is 2.55 bits per heavy atom. The van der Waals surface area contributed by atoms with E-state index in [0.29, 0.717) is 10.5 Å². The van der Waals surface area contributed by atoms with Crippen molar-refractivity contribution in [3.63, 3.8) is 0 Å². The molecule has 1 N–H and O–H groups in total. The van der Waals surface area contributed by atoms with Crippen LogP contribution in [0.1, 0.15) is 18.5 Å². The van der Waals surface area contributed by atoms with E-state index in [2.05, 4.69) is 4.99 Å². The van der Waals surface area contributed by atoms with Gasteiger partial charge in [0, 0.05) is 5.71 Å². The van der Waals surface area contributed by atoms with Gasteiger partial charge >= 0.3 is 12.1 Å². The Morgan fingerprint density at radius 2 is 2.05 bits per heavy atom. The maximum absolute atomic E-state index is 13.0. The minimum Gasteiger partial charge on any atom is -0.465 e. The summed E-state index contributed by atoms with van der Waals surface area (Å²) in [5, 5.41) is 18.3. The fourth-order valence-electron chi connectivity index (χ4n) is 2.14. The first-order valence-electron chi connectivity index (χ1n) is 5.72. The molecule has 2 atom stereocenters. The van der Waals surface area contributed by atoms with Crippen molar-refractivity contribution in [1.82, 2.24) is 4.90 Å². The normalized spacial score (nSPS) is 22.1. The summed E-state index contributed by atoms with van der Waals surface area (Å²) in [7, 11) is 0. The van der Waals surface area contributed by atoms with Crippen LogP contribution >= 0.6 is 0 Å². The number of carbonyl (C=O) groups is 2. The number of benzene rings is 1. The molecule has 1 aliphatic rings. The summed E-state index contributed by atoms with van der Waals surface area (Å²) in [6.07, 6.45) is -1.50. The Morgan fingerprint density at radius 1 is 1.45 bits per heavy atom. The van der Waals surface area contributed by atoms with Crippen LogP contribution < -0.4 is 0 Å². The molecule has 2 unspecified atom stereocenters. The van der Waals surface area contributed by atoms with Gasteiger partial charge in [0.25, 0.3) is 0 Å². The van der Waals surface area contributed by atoms with E-state index in [4.69, 9.17) is 5.11 Å². The summed E-state index contributed by atoms with van der Waals surface area (Å²) in [4.78, 5) is 27.0. The van der Waals surface area contributed by atoms with E-state index in [1.807, 2.05) is 6.07 Å². The zero-order valence-corrected chi connectivity index (χ0v) is 10.4. The molecule has 0 fully saturated rings. The van der Waals surface area contributed by atoms with Crippen molar-refractivity contribution < 1.29 is 19.1 Å². The number of nitrogens with zero attached hydrogens (tertiary/aromatic N) is 3. The lowest BCUT2D eigenvalue weighted by Gasteiger charge is -2.33. The molecule has 1 aromatic rings. The third-order valence-corrected chi connectivity index (χ3v) is 3.08. The summed E-state index contributed by atoms with van der Waals surface area (Å²) < 4.78 is 13.0. The Balaban J connectivity index is 2.57. The smallest absolute Gasteiger partial charge is 0.416 e. The lowest BCUT2D eigenvalue weighted by Crippen LogP contribution is -2.46. The third kappa shape index (κ3) is 2.23. The number of carbonyl (C=O) groups excluding carboxylic acids is 1. The molecule has 102 valence electrons. The van der Waals surface area contributed by atoms with Crippen LogP contribution in [0.4, 0.5) is 14.0 Å². The molecule has 0 spiro atoms. The highest BCUT2D eigenvalue weighted by Gasteiger charge is 2.41. The second-order valence-electron chi connectivity index (χ2n) is 4.29. The first kappa shape index (κ1) is 13.7. The number of imide groups is 1. The molecule has 1 aromatic carbocycles. The fraction of sp³-hybridized carbons (Fsp3) is 0.231. The van der Waals surface area contributed by atoms with E-state index in [9.17, 15) is 19.2 Å². The lowest BCUT2D eigenvalue weighted by atomic mass is 9.88. The van der Waals surface area contributed by atoms with Crippen molar-refractivity contribution >= 4 is 17.8 Å². The summed E-state index contributed by atoms with van der Waals surface area (Å²) in [6, 6.07) is 4.97. The van der Waals surface area contributed by atoms with Crippen LogP contribution in [0.3, 0.4) is 0 Å². The number of halogens is 1. The molecular weight excluding hydrogens is 265 g/mol. The number of nitriles is 1. The Labute approximate surface area is 113 Å². The first-order chi connectivity index (χ1) is 9.45. The monoisotopic (exact) mass is 275 g/mol. The van der Waals surface area contributed by atoms with Crippen molar-refractivity contribution in [3.05, 3.63) is 35.6 Å². The van der Waals surface area contributed by atoms with Gasteiger partial charge in [-0.15, -0.1) is 0 Å². The van der Waals surface area contributed by atoms with Crippen LogP contribution in [0.2, 0.25) is 0 Å². The highest BCUT2D eigenvalue weighted by molar-refractivity contribution is 6.04. The van der Waals surface area contributed by atoms with Gasteiger partial charge in [-0.25, -0.2) is 23.9 Å². The van der Waals surface area contributed by atoms with Gasteiger partial charge in [0.1, 0.15) is 11.7 Å². The molecule has 1 heterocycles. The molecule has 3 amide bonds. The highest BCUT2D eigenvalue weighted by atomic mass is 19.1. The van der Waals surface area contributed by atoms with Gasteiger partial charge in [0.15, 0.2) is 0 Å². The van der Waals surface area contributed by atoms with Crippen LogP contribution in [-0.4, -0.2) is 27.8 Å². The number of amides is 3. The summed E-state index contributed by atoms with van der Waals surface area (Å²) in [5.41, 5.74) is 0.604. The summed E-state index contributed by atoms with van der Waals surface area (Å²) >= 11 is 0. The molecular formula is C13H10FN3O3. The second kappa shape index (κ2) is 5.09. The van der Waals surface area contributed by atoms with Crippen LogP contribution in [0, 0.1) is 23.1 Å². The molecule has 0 aromatic heterocycles. The minimum atomic E-state index is -1.50. The molecule has 6 nitrogen and oxygen atoms in total. The maximum atomic E-state index is 13.0. The van der Waals surface area contributed by atoms with Crippen molar-refractivity contribution in [2.75, 3.05) is 0 Å². The summed E-state index contributed by atoms with van der Waals surface area (Å²) in [6.45, 7) is 1.49. The van der Waals surface area contributed by atoms with Crippen molar-refractivity contribution in [2.24, 2.45) is 10.9 Å². The number of urea groups is 1. The van der Waals surface area contributed by atoms with E-state index in [1.165, 1.54) is 19.1 Å². The average Bonchev–Trinajstić information content (AvgIpc) is 2.38. The fourth-order valence-corrected chi connectivity index (χ4v) is 2.14. The van der Waals surface area contributed by atoms with E-state index in [-0.39, 0.29) is 5.71 Å². The largest absolute Gasteiger partial charge is 0.465 e. The van der Waals surface area contributed by atoms with Gasteiger partial charge < -0.3 is 5.11 Å². The summed E-state index contributed by atoms with van der Waals surface area (Å²) in [5.74, 6) is -1.38. The number of aliphatic imine (C=N–C) groups is 1. The molecule has 0 radical (unpaired) electrons. The molecule has 20 heavy (non-hydrogen) atoms. The van der Waals surface area contributed by atoms with E-state index < -0.39 is 29.9 Å². The van der Waals surface area contributed by atoms with Crippen molar-refractivity contribution in [1.29, 1.82) is 5.26 Å².